The number of ether oxygens (including phenoxy) is 2. The van der Waals surface area contributed by atoms with Crippen LogP contribution in [0.4, 0.5) is 0 Å². The number of rotatable bonds is 4. The van der Waals surface area contributed by atoms with Crippen LogP contribution in [0.2, 0.25) is 0 Å². The Hall–Kier alpha value is -2.01. The van der Waals surface area contributed by atoms with E-state index in [-0.39, 0.29) is 6.04 Å². The maximum Gasteiger partial charge on any atom is 0.161 e. The molecule has 112 valence electrons. The summed E-state index contributed by atoms with van der Waals surface area (Å²) in [5.41, 5.74) is 2.31. The Balaban J connectivity index is 2.03. The fourth-order valence-electron chi connectivity index (χ4n) is 3.18. The zero-order valence-corrected chi connectivity index (χ0v) is 12.7. The highest BCUT2D eigenvalue weighted by atomic mass is 16.5. The highest BCUT2D eigenvalue weighted by molar-refractivity contribution is 5.41. The number of aromatic nitrogens is 2. The molecule has 0 bridgehead atoms. The monoisotopic (exact) mass is 287 g/mol. The molecule has 1 aromatic heterocycles. The summed E-state index contributed by atoms with van der Waals surface area (Å²) in [5, 5.41) is 7.76. The largest absolute Gasteiger partial charge is 0.493 e. The van der Waals surface area contributed by atoms with E-state index in [0.29, 0.717) is 5.92 Å². The molecule has 2 aromatic rings. The Bertz CT molecular complexity index is 624. The van der Waals surface area contributed by atoms with E-state index >= 15 is 0 Å². The van der Waals surface area contributed by atoms with Crippen molar-refractivity contribution in [3.63, 3.8) is 0 Å². The Kier molecular flexibility index (Phi) is 3.84. The number of hydrogen-bond acceptors (Lipinski definition) is 4. The summed E-state index contributed by atoms with van der Waals surface area (Å²) in [6.45, 7) is 0.736. The van der Waals surface area contributed by atoms with Crippen molar-refractivity contribution in [1.29, 1.82) is 0 Å². The van der Waals surface area contributed by atoms with Gasteiger partial charge in [-0.1, -0.05) is 18.2 Å². The zero-order valence-electron chi connectivity index (χ0n) is 12.7. The van der Waals surface area contributed by atoms with Gasteiger partial charge in [0.1, 0.15) is 5.75 Å². The second-order valence-corrected chi connectivity index (χ2v) is 5.27. The second-order valence-electron chi connectivity index (χ2n) is 5.27. The van der Waals surface area contributed by atoms with Gasteiger partial charge in [-0.3, -0.25) is 4.68 Å². The zero-order chi connectivity index (χ0) is 14.8. The molecular weight excluding hydrogens is 266 g/mol. The summed E-state index contributed by atoms with van der Waals surface area (Å²) in [5.74, 6) is 2.14. The first-order valence-electron chi connectivity index (χ1n) is 7.21. The van der Waals surface area contributed by atoms with E-state index in [9.17, 15) is 0 Å². The quantitative estimate of drug-likeness (QED) is 0.937. The Morgan fingerprint density at radius 1 is 1.43 bits per heavy atom. The Labute approximate surface area is 124 Å². The maximum absolute atomic E-state index is 5.77. The van der Waals surface area contributed by atoms with Gasteiger partial charge in [0.15, 0.2) is 5.75 Å². The minimum Gasteiger partial charge on any atom is -0.493 e. The highest BCUT2D eigenvalue weighted by Gasteiger charge is 2.32. The molecule has 0 amide bonds. The van der Waals surface area contributed by atoms with E-state index in [1.165, 1.54) is 5.56 Å². The average molecular weight is 287 g/mol. The summed E-state index contributed by atoms with van der Waals surface area (Å²) in [4.78, 5) is 0. The van der Waals surface area contributed by atoms with Crippen LogP contribution in [0, 0.1) is 0 Å². The molecule has 0 saturated carbocycles. The number of nitrogens with zero attached hydrogens (tertiary/aromatic N) is 2. The molecule has 1 aliphatic heterocycles. The molecule has 2 atom stereocenters. The molecule has 0 spiro atoms. The van der Waals surface area contributed by atoms with E-state index in [1.807, 2.05) is 30.9 Å². The number of likely N-dealkylation sites (N-methyl/N-ethyl adjacent to an activating group) is 1. The highest BCUT2D eigenvalue weighted by Crippen LogP contribution is 2.42. The van der Waals surface area contributed by atoms with Crippen LogP contribution in [-0.2, 0) is 7.05 Å². The molecule has 21 heavy (non-hydrogen) atoms. The summed E-state index contributed by atoms with van der Waals surface area (Å²) in [6.07, 6.45) is 2.74. The molecular formula is C16H21N3O2. The molecule has 5 heteroatoms. The predicted octanol–water partition coefficient (Wildman–Crippen LogP) is 2.26. The number of aryl methyl sites for hydroxylation is 1. The van der Waals surface area contributed by atoms with Crippen LogP contribution in [0.1, 0.15) is 29.6 Å². The van der Waals surface area contributed by atoms with Crippen molar-refractivity contribution in [1.82, 2.24) is 15.1 Å². The topological polar surface area (TPSA) is 48.3 Å². The van der Waals surface area contributed by atoms with Gasteiger partial charge in [0, 0.05) is 13.0 Å². The van der Waals surface area contributed by atoms with Crippen LogP contribution in [0.25, 0.3) is 0 Å². The third-order valence-electron chi connectivity index (χ3n) is 4.18. The molecule has 0 saturated heterocycles. The molecule has 2 unspecified atom stereocenters. The van der Waals surface area contributed by atoms with Crippen LogP contribution in [0.15, 0.2) is 30.5 Å². The van der Waals surface area contributed by atoms with E-state index in [0.717, 1.165) is 30.2 Å². The first-order valence-corrected chi connectivity index (χ1v) is 7.21. The van der Waals surface area contributed by atoms with Gasteiger partial charge in [0.05, 0.1) is 31.6 Å². The maximum atomic E-state index is 5.77. The van der Waals surface area contributed by atoms with Gasteiger partial charge in [-0.05, 0) is 25.1 Å². The van der Waals surface area contributed by atoms with Crippen molar-refractivity contribution < 1.29 is 9.47 Å². The third-order valence-corrected chi connectivity index (χ3v) is 4.18. The number of benzene rings is 1. The van der Waals surface area contributed by atoms with E-state index in [4.69, 9.17) is 9.47 Å². The van der Waals surface area contributed by atoms with Crippen LogP contribution in [0.5, 0.6) is 11.5 Å². The molecule has 0 radical (unpaired) electrons. The van der Waals surface area contributed by atoms with Gasteiger partial charge in [0.2, 0.25) is 0 Å². The van der Waals surface area contributed by atoms with Gasteiger partial charge in [-0.25, -0.2) is 0 Å². The SMILES string of the molecule is CNC(c1c(OC)cnn1C)C1CCOc2ccccc21. The molecule has 0 aliphatic carbocycles. The number of hydrogen-bond donors (Lipinski definition) is 1. The van der Waals surface area contributed by atoms with E-state index < -0.39 is 0 Å². The third kappa shape index (κ3) is 2.38. The number of para-hydroxylation sites is 1. The Morgan fingerprint density at radius 2 is 2.24 bits per heavy atom. The van der Waals surface area contributed by atoms with Crippen LogP contribution in [0.3, 0.4) is 0 Å². The number of fused-ring (bicyclic) bond motifs is 1. The second kappa shape index (κ2) is 5.77. The van der Waals surface area contributed by atoms with E-state index in [2.05, 4.69) is 22.5 Å². The van der Waals surface area contributed by atoms with Crippen LogP contribution < -0.4 is 14.8 Å². The van der Waals surface area contributed by atoms with E-state index in [1.54, 1.807) is 13.3 Å². The van der Waals surface area contributed by atoms with Crippen molar-refractivity contribution in [3.05, 3.63) is 41.7 Å². The minimum absolute atomic E-state index is 0.137. The predicted molar refractivity (Wildman–Crippen MR) is 80.9 cm³/mol. The van der Waals surface area contributed by atoms with Gasteiger partial charge < -0.3 is 14.8 Å². The molecule has 1 aromatic carbocycles. The lowest BCUT2D eigenvalue weighted by atomic mass is 9.85. The average Bonchev–Trinajstić information content (AvgIpc) is 2.90. The van der Waals surface area contributed by atoms with Gasteiger partial charge in [0.25, 0.3) is 0 Å². The molecule has 5 nitrogen and oxygen atoms in total. The molecule has 1 N–H and O–H groups in total. The van der Waals surface area contributed by atoms with Crippen molar-refractivity contribution in [3.8, 4) is 11.5 Å². The first-order chi connectivity index (χ1) is 10.3. The number of methoxy groups -OCH3 is 1. The molecule has 3 rings (SSSR count). The van der Waals surface area contributed by atoms with Crippen molar-refractivity contribution in [2.45, 2.75) is 18.4 Å². The van der Waals surface area contributed by atoms with Crippen LogP contribution >= 0.6 is 0 Å². The lowest BCUT2D eigenvalue weighted by molar-refractivity contribution is 0.244. The standard InChI is InChI=1S/C16H21N3O2/c1-17-15(16-14(20-3)10-18-19(16)2)12-8-9-21-13-7-5-4-6-11(12)13/h4-7,10,12,15,17H,8-9H2,1-3H3. The lowest BCUT2D eigenvalue weighted by Gasteiger charge is -2.32. The van der Waals surface area contributed by atoms with Crippen molar-refractivity contribution in [2.24, 2.45) is 7.05 Å². The summed E-state index contributed by atoms with van der Waals surface area (Å²) in [6, 6.07) is 8.40. The smallest absolute Gasteiger partial charge is 0.161 e. The van der Waals surface area contributed by atoms with Crippen LogP contribution in [-0.4, -0.2) is 30.5 Å². The first kappa shape index (κ1) is 13.9. The molecule has 2 heterocycles. The minimum atomic E-state index is 0.137. The van der Waals surface area contributed by atoms with Crippen molar-refractivity contribution in [2.75, 3.05) is 20.8 Å². The fourth-order valence-corrected chi connectivity index (χ4v) is 3.18. The summed E-state index contributed by atoms with van der Waals surface area (Å²) < 4.78 is 13.1. The molecule has 1 aliphatic rings. The van der Waals surface area contributed by atoms with Gasteiger partial charge >= 0.3 is 0 Å². The van der Waals surface area contributed by atoms with Crippen molar-refractivity contribution >= 4 is 0 Å². The lowest BCUT2D eigenvalue weighted by Crippen LogP contribution is -2.30. The number of nitrogens with one attached hydrogen (secondary N) is 1. The van der Waals surface area contributed by atoms with Gasteiger partial charge in [-0.2, -0.15) is 5.10 Å². The normalized spacial score (nSPS) is 18.7. The molecule has 0 fully saturated rings. The summed E-state index contributed by atoms with van der Waals surface area (Å²) >= 11 is 0. The van der Waals surface area contributed by atoms with Gasteiger partial charge in [-0.15, -0.1) is 0 Å². The summed E-state index contributed by atoms with van der Waals surface area (Å²) in [7, 11) is 5.62. The Morgan fingerprint density at radius 3 is 3.00 bits per heavy atom. The fraction of sp³-hybridized carbons (Fsp3) is 0.438.